The van der Waals surface area contributed by atoms with E-state index in [1.165, 1.54) is 12.0 Å². The molecule has 0 spiro atoms. The summed E-state index contributed by atoms with van der Waals surface area (Å²) < 4.78 is 5.69. The van der Waals surface area contributed by atoms with Crippen LogP contribution in [0.5, 0.6) is 5.75 Å². The van der Waals surface area contributed by atoms with E-state index in [-0.39, 0.29) is 6.61 Å². The van der Waals surface area contributed by atoms with Crippen LogP contribution >= 0.6 is 0 Å². The van der Waals surface area contributed by atoms with Gasteiger partial charge in [-0.3, -0.25) is 4.90 Å². The molecule has 1 aromatic carbocycles. The van der Waals surface area contributed by atoms with Gasteiger partial charge in [-0.1, -0.05) is 17.7 Å². The maximum Gasteiger partial charge on any atom is 0.119 e. The summed E-state index contributed by atoms with van der Waals surface area (Å²) in [6.45, 7) is 5.02. The fourth-order valence-corrected chi connectivity index (χ4v) is 2.31. The number of aliphatic hydroxyl groups is 1. The largest absolute Gasteiger partial charge is 0.492 e. The standard InChI is InChI=1S/C14H21NO2/c1-12-4-6-14(7-5-12)17-10-9-15-8-2-3-13(15)11-16/h4-7,13,16H,2-3,8-11H2,1H3/t13-/m1/s1. The molecule has 3 heteroatoms. The number of likely N-dealkylation sites (tertiary alicyclic amines) is 1. The summed E-state index contributed by atoms with van der Waals surface area (Å²) in [7, 11) is 0. The van der Waals surface area contributed by atoms with E-state index in [1.54, 1.807) is 0 Å². The molecule has 0 aromatic heterocycles. The van der Waals surface area contributed by atoms with Crippen LogP contribution in [-0.2, 0) is 0 Å². The van der Waals surface area contributed by atoms with Crippen LogP contribution < -0.4 is 4.74 Å². The van der Waals surface area contributed by atoms with Crippen molar-refractivity contribution < 1.29 is 9.84 Å². The van der Waals surface area contributed by atoms with Crippen LogP contribution in [0, 0.1) is 6.92 Å². The normalized spacial score (nSPS) is 20.7. The molecule has 0 saturated carbocycles. The van der Waals surface area contributed by atoms with E-state index in [9.17, 15) is 5.11 Å². The van der Waals surface area contributed by atoms with E-state index in [1.807, 2.05) is 12.1 Å². The Bertz CT molecular complexity index is 337. The molecule has 17 heavy (non-hydrogen) atoms. The second-order valence-electron chi connectivity index (χ2n) is 4.68. The summed E-state index contributed by atoms with van der Waals surface area (Å²) in [5, 5.41) is 9.20. The Labute approximate surface area is 103 Å². The van der Waals surface area contributed by atoms with Gasteiger partial charge in [-0.2, -0.15) is 0 Å². The number of benzene rings is 1. The van der Waals surface area contributed by atoms with Crippen LogP contribution in [-0.4, -0.2) is 42.4 Å². The second kappa shape index (κ2) is 6.03. The molecule has 3 nitrogen and oxygen atoms in total. The number of nitrogens with zero attached hydrogens (tertiary/aromatic N) is 1. The lowest BCUT2D eigenvalue weighted by atomic mass is 10.2. The zero-order valence-electron chi connectivity index (χ0n) is 10.4. The van der Waals surface area contributed by atoms with Gasteiger partial charge in [-0.25, -0.2) is 0 Å². The molecule has 0 unspecified atom stereocenters. The Kier molecular flexibility index (Phi) is 4.40. The highest BCUT2D eigenvalue weighted by molar-refractivity contribution is 5.26. The number of aliphatic hydroxyl groups excluding tert-OH is 1. The summed E-state index contributed by atoms with van der Waals surface area (Å²) in [6, 6.07) is 8.46. The van der Waals surface area contributed by atoms with E-state index in [4.69, 9.17) is 4.74 Å². The summed E-state index contributed by atoms with van der Waals surface area (Å²) >= 11 is 0. The first-order valence-electron chi connectivity index (χ1n) is 6.34. The molecule has 94 valence electrons. The van der Waals surface area contributed by atoms with Gasteiger partial charge in [-0.05, 0) is 38.4 Å². The van der Waals surface area contributed by atoms with Crippen molar-refractivity contribution in [1.29, 1.82) is 0 Å². The number of aryl methyl sites for hydroxylation is 1. The third-order valence-corrected chi connectivity index (χ3v) is 3.38. The first-order chi connectivity index (χ1) is 8.29. The fourth-order valence-electron chi connectivity index (χ4n) is 2.31. The monoisotopic (exact) mass is 235 g/mol. The van der Waals surface area contributed by atoms with Crippen molar-refractivity contribution >= 4 is 0 Å². The van der Waals surface area contributed by atoms with Crippen molar-refractivity contribution in [3.63, 3.8) is 0 Å². The van der Waals surface area contributed by atoms with Crippen LogP contribution in [0.15, 0.2) is 24.3 Å². The number of rotatable bonds is 5. The van der Waals surface area contributed by atoms with E-state index < -0.39 is 0 Å². The molecular formula is C14H21NO2. The van der Waals surface area contributed by atoms with E-state index in [0.717, 1.165) is 25.3 Å². The topological polar surface area (TPSA) is 32.7 Å². The predicted octanol–water partition coefficient (Wildman–Crippen LogP) is 1.83. The Hall–Kier alpha value is -1.06. The average molecular weight is 235 g/mol. The third-order valence-electron chi connectivity index (χ3n) is 3.38. The van der Waals surface area contributed by atoms with Gasteiger partial charge in [0.05, 0.1) is 6.61 Å². The minimum atomic E-state index is 0.268. The number of hydrogen-bond acceptors (Lipinski definition) is 3. The van der Waals surface area contributed by atoms with Crippen molar-refractivity contribution in [2.45, 2.75) is 25.8 Å². The molecule has 1 saturated heterocycles. The van der Waals surface area contributed by atoms with Crippen LogP contribution in [0.4, 0.5) is 0 Å². The fraction of sp³-hybridized carbons (Fsp3) is 0.571. The summed E-state index contributed by atoms with van der Waals surface area (Å²) in [6.07, 6.45) is 2.30. The minimum Gasteiger partial charge on any atom is -0.492 e. The van der Waals surface area contributed by atoms with Crippen molar-refractivity contribution in [2.24, 2.45) is 0 Å². The number of ether oxygens (including phenoxy) is 1. The zero-order valence-corrected chi connectivity index (χ0v) is 10.4. The third kappa shape index (κ3) is 3.45. The van der Waals surface area contributed by atoms with E-state index >= 15 is 0 Å². The highest BCUT2D eigenvalue weighted by atomic mass is 16.5. The second-order valence-corrected chi connectivity index (χ2v) is 4.68. The van der Waals surface area contributed by atoms with Gasteiger partial charge in [0.2, 0.25) is 0 Å². The summed E-state index contributed by atoms with van der Waals surface area (Å²) in [4.78, 5) is 2.31. The maximum absolute atomic E-state index is 9.20. The van der Waals surface area contributed by atoms with Crippen molar-refractivity contribution in [3.8, 4) is 5.75 Å². The lowest BCUT2D eigenvalue weighted by Crippen LogP contribution is -2.35. The SMILES string of the molecule is Cc1ccc(OCCN2CCC[C@@H]2CO)cc1. The van der Waals surface area contributed by atoms with Gasteiger partial charge in [0, 0.05) is 12.6 Å². The molecule has 2 rings (SSSR count). The van der Waals surface area contributed by atoms with Crippen LogP contribution in [0.3, 0.4) is 0 Å². The minimum absolute atomic E-state index is 0.268. The lowest BCUT2D eigenvalue weighted by molar-refractivity contribution is 0.139. The van der Waals surface area contributed by atoms with Crippen molar-refractivity contribution in [2.75, 3.05) is 26.3 Å². The molecule has 0 bridgehead atoms. The van der Waals surface area contributed by atoms with Gasteiger partial charge >= 0.3 is 0 Å². The molecular weight excluding hydrogens is 214 g/mol. The first kappa shape index (κ1) is 12.4. The molecule has 1 fully saturated rings. The smallest absolute Gasteiger partial charge is 0.119 e. The molecule has 1 aromatic rings. The highest BCUT2D eigenvalue weighted by Gasteiger charge is 2.22. The average Bonchev–Trinajstić information content (AvgIpc) is 2.79. The van der Waals surface area contributed by atoms with E-state index in [0.29, 0.717) is 12.6 Å². The molecule has 0 radical (unpaired) electrons. The van der Waals surface area contributed by atoms with Crippen LogP contribution in [0.25, 0.3) is 0 Å². The lowest BCUT2D eigenvalue weighted by Gasteiger charge is -2.22. The van der Waals surface area contributed by atoms with Gasteiger partial charge in [0.15, 0.2) is 0 Å². The maximum atomic E-state index is 9.20. The molecule has 0 aliphatic carbocycles. The zero-order chi connectivity index (χ0) is 12.1. The van der Waals surface area contributed by atoms with Crippen molar-refractivity contribution in [1.82, 2.24) is 4.90 Å². The predicted molar refractivity (Wildman–Crippen MR) is 68.4 cm³/mol. The summed E-state index contributed by atoms with van der Waals surface area (Å²) in [5.41, 5.74) is 1.25. The van der Waals surface area contributed by atoms with Gasteiger partial charge in [0.25, 0.3) is 0 Å². The van der Waals surface area contributed by atoms with Gasteiger partial charge in [-0.15, -0.1) is 0 Å². The molecule has 1 N–H and O–H groups in total. The molecule has 1 atom stereocenters. The Morgan fingerprint density at radius 1 is 1.35 bits per heavy atom. The Balaban J connectivity index is 1.74. The van der Waals surface area contributed by atoms with Crippen LogP contribution in [0.1, 0.15) is 18.4 Å². The molecule has 1 heterocycles. The molecule has 1 aliphatic rings. The Morgan fingerprint density at radius 3 is 2.82 bits per heavy atom. The molecule has 0 amide bonds. The Morgan fingerprint density at radius 2 is 2.12 bits per heavy atom. The molecule has 1 aliphatic heterocycles. The number of hydrogen-bond donors (Lipinski definition) is 1. The van der Waals surface area contributed by atoms with Crippen molar-refractivity contribution in [3.05, 3.63) is 29.8 Å². The highest BCUT2D eigenvalue weighted by Crippen LogP contribution is 2.16. The quantitative estimate of drug-likeness (QED) is 0.845. The summed E-state index contributed by atoms with van der Waals surface area (Å²) in [5.74, 6) is 0.926. The van der Waals surface area contributed by atoms with Gasteiger partial charge in [0.1, 0.15) is 12.4 Å². The van der Waals surface area contributed by atoms with Gasteiger partial charge < -0.3 is 9.84 Å². The van der Waals surface area contributed by atoms with E-state index in [2.05, 4.69) is 24.0 Å². The van der Waals surface area contributed by atoms with Crippen LogP contribution in [0.2, 0.25) is 0 Å². The first-order valence-corrected chi connectivity index (χ1v) is 6.34.